The van der Waals surface area contributed by atoms with Gasteiger partial charge in [0.2, 0.25) is 0 Å². The Morgan fingerprint density at radius 3 is 2.38 bits per heavy atom. The van der Waals surface area contributed by atoms with Gasteiger partial charge in [0.25, 0.3) is 0 Å². The second kappa shape index (κ2) is 3.61. The lowest BCUT2D eigenvalue weighted by Crippen LogP contribution is -2.21. The lowest BCUT2D eigenvalue weighted by molar-refractivity contribution is 0.0802. The van der Waals surface area contributed by atoms with E-state index < -0.39 is 0 Å². The Hall–Kier alpha value is -0.0400. The van der Waals surface area contributed by atoms with E-state index in [0.29, 0.717) is 11.8 Å². The van der Waals surface area contributed by atoms with Crippen molar-refractivity contribution in [2.45, 2.75) is 52.1 Å². The molecule has 2 rings (SSSR count). The third-order valence-corrected chi connectivity index (χ3v) is 4.16. The molecule has 0 spiro atoms. The summed E-state index contributed by atoms with van der Waals surface area (Å²) >= 11 is 0. The van der Waals surface area contributed by atoms with Crippen LogP contribution >= 0.6 is 0 Å². The van der Waals surface area contributed by atoms with Gasteiger partial charge in [-0.3, -0.25) is 0 Å². The number of aliphatic hydroxyl groups excluding tert-OH is 1. The van der Waals surface area contributed by atoms with Gasteiger partial charge in [-0.1, -0.05) is 20.3 Å². The standard InChI is InChI=1S/C12H22O/c1-3-8(2)4-12(13)11-6-9-5-10(9)7-11/h8-13H,3-7H2,1-2H3. The summed E-state index contributed by atoms with van der Waals surface area (Å²) in [5.41, 5.74) is 0. The highest BCUT2D eigenvalue weighted by Crippen LogP contribution is 2.55. The van der Waals surface area contributed by atoms with E-state index in [4.69, 9.17) is 0 Å². The summed E-state index contributed by atoms with van der Waals surface area (Å²) in [7, 11) is 0. The molecule has 2 aliphatic carbocycles. The number of aliphatic hydroxyl groups is 1. The van der Waals surface area contributed by atoms with E-state index in [1.807, 2.05) is 0 Å². The van der Waals surface area contributed by atoms with E-state index >= 15 is 0 Å². The summed E-state index contributed by atoms with van der Waals surface area (Å²) in [6.45, 7) is 4.46. The zero-order chi connectivity index (χ0) is 9.42. The maximum absolute atomic E-state index is 9.99. The Labute approximate surface area is 81.5 Å². The van der Waals surface area contributed by atoms with Crippen LogP contribution in [0.2, 0.25) is 0 Å². The van der Waals surface area contributed by atoms with Gasteiger partial charge in [-0.15, -0.1) is 0 Å². The molecule has 4 atom stereocenters. The van der Waals surface area contributed by atoms with Crippen molar-refractivity contribution in [3.8, 4) is 0 Å². The molecule has 0 aromatic carbocycles. The maximum atomic E-state index is 9.99. The van der Waals surface area contributed by atoms with Crippen molar-refractivity contribution in [1.82, 2.24) is 0 Å². The molecule has 1 N–H and O–H groups in total. The maximum Gasteiger partial charge on any atom is 0.0571 e. The van der Waals surface area contributed by atoms with Crippen molar-refractivity contribution in [3.63, 3.8) is 0 Å². The summed E-state index contributed by atoms with van der Waals surface area (Å²) in [6.07, 6.45) is 6.34. The molecule has 76 valence electrons. The molecular formula is C12H22O. The molecule has 2 saturated carbocycles. The molecule has 0 heterocycles. The lowest BCUT2D eigenvalue weighted by Gasteiger charge is -2.22. The van der Waals surface area contributed by atoms with E-state index in [1.165, 1.54) is 25.7 Å². The molecule has 0 amide bonds. The van der Waals surface area contributed by atoms with E-state index in [0.717, 1.165) is 18.3 Å². The van der Waals surface area contributed by atoms with Crippen molar-refractivity contribution < 1.29 is 5.11 Å². The van der Waals surface area contributed by atoms with E-state index in [2.05, 4.69) is 13.8 Å². The first kappa shape index (κ1) is 9.51. The van der Waals surface area contributed by atoms with Gasteiger partial charge in [-0.2, -0.15) is 0 Å². The van der Waals surface area contributed by atoms with Crippen molar-refractivity contribution in [1.29, 1.82) is 0 Å². The van der Waals surface area contributed by atoms with Crippen LogP contribution in [0, 0.1) is 23.7 Å². The molecule has 1 nitrogen and oxygen atoms in total. The first-order valence-electron chi connectivity index (χ1n) is 5.88. The van der Waals surface area contributed by atoms with E-state index in [9.17, 15) is 5.11 Å². The van der Waals surface area contributed by atoms with Crippen molar-refractivity contribution in [2.24, 2.45) is 23.7 Å². The molecule has 4 unspecified atom stereocenters. The molecule has 0 radical (unpaired) electrons. The van der Waals surface area contributed by atoms with Crippen molar-refractivity contribution in [2.75, 3.05) is 0 Å². The van der Waals surface area contributed by atoms with Gasteiger partial charge in [0.1, 0.15) is 0 Å². The van der Waals surface area contributed by atoms with Gasteiger partial charge < -0.3 is 5.11 Å². The van der Waals surface area contributed by atoms with Crippen LogP contribution in [0.4, 0.5) is 0 Å². The average Bonchev–Trinajstić information content (AvgIpc) is 2.73. The fourth-order valence-corrected chi connectivity index (χ4v) is 2.85. The van der Waals surface area contributed by atoms with Crippen molar-refractivity contribution >= 4 is 0 Å². The first-order chi connectivity index (χ1) is 6.20. The van der Waals surface area contributed by atoms with Crippen LogP contribution in [0.1, 0.15) is 46.0 Å². The number of hydrogen-bond donors (Lipinski definition) is 1. The Morgan fingerprint density at radius 1 is 1.23 bits per heavy atom. The number of hydrogen-bond acceptors (Lipinski definition) is 1. The molecular weight excluding hydrogens is 160 g/mol. The van der Waals surface area contributed by atoms with Crippen LogP contribution in [0.3, 0.4) is 0 Å². The summed E-state index contributed by atoms with van der Waals surface area (Å²) in [6, 6.07) is 0. The Balaban J connectivity index is 1.74. The molecule has 0 aliphatic heterocycles. The molecule has 0 aromatic heterocycles. The van der Waals surface area contributed by atoms with Gasteiger partial charge in [-0.05, 0) is 49.4 Å². The molecule has 2 aliphatic rings. The molecule has 0 aromatic rings. The van der Waals surface area contributed by atoms with Gasteiger partial charge in [0, 0.05) is 0 Å². The molecule has 2 fully saturated rings. The van der Waals surface area contributed by atoms with Crippen molar-refractivity contribution in [3.05, 3.63) is 0 Å². The minimum Gasteiger partial charge on any atom is -0.393 e. The molecule has 1 heteroatoms. The highest BCUT2D eigenvalue weighted by atomic mass is 16.3. The summed E-state index contributed by atoms with van der Waals surface area (Å²) in [5, 5.41) is 9.99. The summed E-state index contributed by atoms with van der Waals surface area (Å²) in [4.78, 5) is 0. The fourth-order valence-electron chi connectivity index (χ4n) is 2.85. The van der Waals surface area contributed by atoms with Crippen LogP contribution in [-0.2, 0) is 0 Å². The molecule has 0 saturated heterocycles. The lowest BCUT2D eigenvalue weighted by atomic mass is 9.89. The zero-order valence-electron chi connectivity index (χ0n) is 8.87. The Bertz CT molecular complexity index is 168. The van der Waals surface area contributed by atoms with E-state index in [1.54, 1.807) is 0 Å². The third-order valence-electron chi connectivity index (χ3n) is 4.16. The Morgan fingerprint density at radius 2 is 1.85 bits per heavy atom. The molecule has 13 heavy (non-hydrogen) atoms. The predicted octanol–water partition coefficient (Wildman–Crippen LogP) is 2.83. The van der Waals surface area contributed by atoms with Crippen LogP contribution < -0.4 is 0 Å². The van der Waals surface area contributed by atoms with E-state index in [-0.39, 0.29) is 6.10 Å². The summed E-state index contributed by atoms with van der Waals surface area (Å²) < 4.78 is 0. The zero-order valence-corrected chi connectivity index (χ0v) is 8.87. The fraction of sp³-hybridized carbons (Fsp3) is 1.00. The second-order valence-corrected chi connectivity index (χ2v) is 5.30. The van der Waals surface area contributed by atoms with Gasteiger partial charge in [0.05, 0.1) is 6.10 Å². The minimum atomic E-state index is 0.00255. The second-order valence-electron chi connectivity index (χ2n) is 5.30. The summed E-state index contributed by atoms with van der Waals surface area (Å²) in [5.74, 6) is 3.37. The van der Waals surface area contributed by atoms with Crippen LogP contribution in [-0.4, -0.2) is 11.2 Å². The molecule has 0 bridgehead atoms. The van der Waals surface area contributed by atoms with Crippen LogP contribution in [0.15, 0.2) is 0 Å². The van der Waals surface area contributed by atoms with Gasteiger partial charge in [-0.25, -0.2) is 0 Å². The topological polar surface area (TPSA) is 20.2 Å². The monoisotopic (exact) mass is 182 g/mol. The van der Waals surface area contributed by atoms with Gasteiger partial charge in [0.15, 0.2) is 0 Å². The predicted molar refractivity (Wildman–Crippen MR) is 54.4 cm³/mol. The van der Waals surface area contributed by atoms with Crippen LogP contribution in [0.5, 0.6) is 0 Å². The quantitative estimate of drug-likeness (QED) is 0.709. The normalized spacial score (nSPS) is 41.3. The minimum absolute atomic E-state index is 0.00255. The highest BCUT2D eigenvalue weighted by Gasteiger charge is 2.47. The van der Waals surface area contributed by atoms with Gasteiger partial charge >= 0.3 is 0 Å². The highest BCUT2D eigenvalue weighted by molar-refractivity contribution is 4.97. The smallest absolute Gasteiger partial charge is 0.0571 e. The SMILES string of the molecule is CCC(C)CC(O)C1CC2CC2C1. The largest absolute Gasteiger partial charge is 0.393 e. The van der Waals surface area contributed by atoms with Crippen LogP contribution in [0.25, 0.3) is 0 Å². The number of rotatable bonds is 4. The first-order valence-corrected chi connectivity index (χ1v) is 5.88. The third kappa shape index (κ3) is 2.07. The Kier molecular flexibility index (Phi) is 2.64. The number of fused-ring (bicyclic) bond motifs is 1. The average molecular weight is 182 g/mol.